The number of rotatable bonds is 5. The Morgan fingerprint density at radius 1 is 1.43 bits per heavy atom. The van der Waals surface area contributed by atoms with Crippen LogP contribution in [-0.4, -0.2) is 46.7 Å². The molecule has 2 unspecified atom stereocenters. The molecule has 1 heterocycles. The van der Waals surface area contributed by atoms with Crippen molar-refractivity contribution in [2.45, 2.75) is 77.6 Å². The van der Waals surface area contributed by atoms with E-state index in [4.69, 9.17) is 9.47 Å². The maximum Gasteiger partial charge on any atom is 0.410 e. The highest BCUT2D eigenvalue weighted by Crippen LogP contribution is 2.30. The summed E-state index contributed by atoms with van der Waals surface area (Å²) in [7, 11) is 0. The Hall–Kier alpha value is -0.290. The fourth-order valence-electron chi connectivity index (χ4n) is 2.71. The van der Waals surface area contributed by atoms with Crippen LogP contribution in [-0.2, 0) is 9.47 Å². The summed E-state index contributed by atoms with van der Waals surface area (Å²) in [6.45, 7) is 11.3. The first kappa shape index (κ1) is 18.8. The van der Waals surface area contributed by atoms with Gasteiger partial charge in [0, 0.05) is 11.9 Å². The van der Waals surface area contributed by atoms with Gasteiger partial charge in [0.05, 0.1) is 18.2 Å². The number of piperidine rings is 1. The molecular weight excluding hydrogens is 334 g/mol. The van der Waals surface area contributed by atoms with Crippen LogP contribution in [0.15, 0.2) is 0 Å². The summed E-state index contributed by atoms with van der Waals surface area (Å²) in [4.78, 5) is 14.0. The Morgan fingerprint density at radius 3 is 2.62 bits per heavy atom. The second kappa shape index (κ2) is 7.82. The monoisotopic (exact) mass is 363 g/mol. The lowest BCUT2D eigenvalue weighted by atomic mass is 9.94. The number of carbonyl (C=O) groups excluding carboxylic acids is 1. The fraction of sp³-hybridized carbons (Fsp3) is 0.938. The van der Waals surface area contributed by atoms with Crippen molar-refractivity contribution in [3.8, 4) is 0 Å². The fourth-order valence-corrected chi connectivity index (χ4v) is 3.30. The lowest BCUT2D eigenvalue weighted by Crippen LogP contribution is -2.54. The molecule has 0 aromatic heterocycles. The van der Waals surface area contributed by atoms with Crippen LogP contribution in [0.1, 0.15) is 60.3 Å². The summed E-state index contributed by atoms with van der Waals surface area (Å²) in [5, 5.41) is 0.743. The van der Waals surface area contributed by atoms with Crippen molar-refractivity contribution in [2.24, 2.45) is 0 Å². The number of amides is 1. The van der Waals surface area contributed by atoms with Gasteiger partial charge in [-0.1, -0.05) is 29.3 Å². The molecule has 1 amide bonds. The van der Waals surface area contributed by atoms with Crippen LogP contribution in [0.3, 0.4) is 0 Å². The molecule has 4 nitrogen and oxygen atoms in total. The Labute approximate surface area is 137 Å². The molecule has 0 N–H and O–H groups in total. The van der Waals surface area contributed by atoms with Crippen LogP contribution in [0.2, 0.25) is 0 Å². The first-order valence-corrected chi connectivity index (χ1v) is 9.05. The number of likely N-dealkylation sites (tertiary alicyclic amines) is 1. The molecule has 0 saturated carbocycles. The average molecular weight is 364 g/mol. The molecule has 1 aliphatic heterocycles. The molecule has 1 aliphatic rings. The minimum Gasteiger partial charge on any atom is -0.444 e. The predicted octanol–water partition coefficient (Wildman–Crippen LogP) is 4.36. The van der Waals surface area contributed by atoms with Crippen LogP contribution in [0, 0.1) is 0 Å². The zero-order valence-electron chi connectivity index (χ0n) is 14.1. The van der Waals surface area contributed by atoms with Crippen molar-refractivity contribution < 1.29 is 14.3 Å². The summed E-state index contributed by atoms with van der Waals surface area (Å²) >= 11 is 3.58. The van der Waals surface area contributed by atoms with Crippen LogP contribution in [0.4, 0.5) is 4.79 Å². The number of halogens is 1. The Balaban J connectivity index is 2.69. The van der Waals surface area contributed by atoms with Crippen molar-refractivity contribution in [1.29, 1.82) is 0 Å². The first-order chi connectivity index (χ1) is 9.71. The predicted molar refractivity (Wildman–Crippen MR) is 89.0 cm³/mol. The SMILES string of the molecule is CCCC(C)OC1(CBr)CCCN(C(=O)OC(C)(C)C)C1. The van der Waals surface area contributed by atoms with Gasteiger partial charge in [-0.25, -0.2) is 4.79 Å². The van der Waals surface area contributed by atoms with E-state index >= 15 is 0 Å². The zero-order valence-corrected chi connectivity index (χ0v) is 15.7. The van der Waals surface area contributed by atoms with Gasteiger partial charge >= 0.3 is 6.09 Å². The van der Waals surface area contributed by atoms with Gasteiger partial charge in [-0.15, -0.1) is 0 Å². The van der Waals surface area contributed by atoms with Crippen LogP contribution in [0.5, 0.6) is 0 Å². The van der Waals surface area contributed by atoms with E-state index in [1.165, 1.54) is 0 Å². The molecule has 5 heteroatoms. The van der Waals surface area contributed by atoms with E-state index in [0.29, 0.717) is 6.54 Å². The highest BCUT2D eigenvalue weighted by Gasteiger charge is 2.39. The quantitative estimate of drug-likeness (QED) is 0.681. The molecule has 0 radical (unpaired) electrons. The number of ether oxygens (including phenoxy) is 2. The third-order valence-corrected chi connectivity index (χ3v) is 4.60. The summed E-state index contributed by atoms with van der Waals surface area (Å²) in [6.07, 6.45) is 4.05. The highest BCUT2D eigenvalue weighted by molar-refractivity contribution is 9.09. The van der Waals surface area contributed by atoms with Crippen molar-refractivity contribution in [2.75, 3.05) is 18.4 Å². The smallest absolute Gasteiger partial charge is 0.410 e. The van der Waals surface area contributed by atoms with E-state index in [2.05, 4.69) is 29.8 Å². The third-order valence-electron chi connectivity index (χ3n) is 3.58. The molecule has 0 aromatic carbocycles. The summed E-state index contributed by atoms with van der Waals surface area (Å²) in [5.74, 6) is 0. The Kier molecular flexibility index (Phi) is 6.98. The summed E-state index contributed by atoms with van der Waals surface area (Å²) in [6, 6.07) is 0. The van der Waals surface area contributed by atoms with Crippen LogP contribution < -0.4 is 0 Å². The Bertz CT molecular complexity index is 343. The topological polar surface area (TPSA) is 38.8 Å². The van der Waals surface area contributed by atoms with Gasteiger partial charge < -0.3 is 14.4 Å². The second-order valence-corrected chi connectivity index (χ2v) is 7.60. The average Bonchev–Trinajstić information content (AvgIpc) is 2.37. The maximum absolute atomic E-state index is 12.3. The van der Waals surface area contributed by atoms with E-state index in [0.717, 1.165) is 37.6 Å². The molecule has 0 aromatic rings. The highest BCUT2D eigenvalue weighted by atomic mass is 79.9. The van der Waals surface area contributed by atoms with E-state index in [1.54, 1.807) is 4.90 Å². The standard InChI is InChI=1S/C16H30BrNO3/c1-6-8-13(2)20-16(11-17)9-7-10-18(12-16)14(19)21-15(3,4)5/h13H,6-12H2,1-5H3. The molecule has 0 spiro atoms. The Morgan fingerprint density at radius 2 is 2.10 bits per heavy atom. The van der Waals surface area contributed by atoms with Gasteiger partial charge in [0.1, 0.15) is 5.60 Å². The van der Waals surface area contributed by atoms with E-state index in [-0.39, 0.29) is 17.8 Å². The lowest BCUT2D eigenvalue weighted by molar-refractivity contribution is -0.109. The summed E-state index contributed by atoms with van der Waals surface area (Å²) in [5.41, 5.74) is -0.744. The number of alkyl halides is 1. The molecule has 21 heavy (non-hydrogen) atoms. The molecule has 0 aliphatic carbocycles. The lowest BCUT2D eigenvalue weighted by Gasteiger charge is -2.43. The van der Waals surface area contributed by atoms with Gasteiger partial charge in [0.25, 0.3) is 0 Å². The van der Waals surface area contributed by atoms with Gasteiger partial charge in [0.15, 0.2) is 0 Å². The van der Waals surface area contributed by atoms with Crippen molar-refractivity contribution in [1.82, 2.24) is 4.90 Å². The van der Waals surface area contributed by atoms with Gasteiger partial charge in [-0.05, 0) is 47.0 Å². The minimum absolute atomic E-state index is 0.214. The molecule has 1 fully saturated rings. The largest absolute Gasteiger partial charge is 0.444 e. The maximum atomic E-state index is 12.3. The van der Waals surface area contributed by atoms with E-state index < -0.39 is 5.60 Å². The van der Waals surface area contributed by atoms with Crippen molar-refractivity contribution >= 4 is 22.0 Å². The summed E-state index contributed by atoms with van der Waals surface area (Å²) < 4.78 is 11.8. The molecule has 124 valence electrons. The number of hydrogen-bond acceptors (Lipinski definition) is 3. The second-order valence-electron chi connectivity index (χ2n) is 7.04. The number of hydrogen-bond donors (Lipinski definition) is 0. The number of nitrogens with zero attached hydrogens (tertiary/aromatic N) is 1. The molecular formula is C16H30BrNO3. The van der Waals surface area contributed by atoms with Crippen LogP contribution in [0.25, 0.3) is 0 Å². The van der Waals surface area contributed by atoms with E-state index in [9.17, 15) is 4.79 Å². The molecule has 1 saturated heterocycles. The molecule has 0 bridgehead atoms. The number of carbonyl (C=O) groups is 1. The molecule has 1 rings (SSSR count). The first-order valence-electron chi connectivity index (χ1n) is 7.93. The van der Waals surface area contributed by atoms with Crippen LogP contribution >= 0.6 is 15.9 Å². The minimum atomic E-state index is -0.456. The van der Waals surface area contributed by atoms with Crippen molar-refractivity contribution in [3.63, 3.8) is 0 Å². The van der Waals surface area contributed by atoms with Gasteiger partial charge in [0.2, 0.25) is 0 Å². The van der Waals surface area contributed by atoms with Crippen molar-refractivity contribution in [3.05, 3.63) is 0 Å². The molecule has 2 atom stereocenters. The zero-order chi connectivity index (χ0) is 16.1. The van der Waals surface area contributed by atoms with Gasteiger partial charge in [-0.2, -0.15) is 0 Å². The van der Waals surface area contributed by atoms with E-state index in [1.807, 2.05) is 20.8 Å². The third kappa shape index (κ3) is 6.15. The normalized spacial score (nSPS) is 24.8. The van der Waals surface area contributed by atoms with Gasteiger partial charge in [-0.3, -0.25) is 0 Å².